The number of benzene rings is 3. The first-order valence-corrected chi connectivity index (χ1v) is 10.9. The van der Waals surface area contributed by atoms with Crippen molar-refractivity contribution in [2.75, 3.05) is 5.32 Å². The van der Waals surface area contributed by atoms with Crippen LogP contribution >= 0.6 is 43.5 Å². The Balaban J connectivity index is 1.78. The number of ether oxygens (including phenoxy) is 1. The minimum atomic E-state index is -0.575. The van der Waals surface area contributed by atoms with Gasteiger partial charge in [-0.2, -0.15) is 5.26 Å². The third-order valence-electron chi connectivity index (χ3n) is 4.09. The molecule has 0 saturated carbocycles. The third kappa shape index (κ3) is 6.17. The van der Waals surface area contributed by atoms with E-state index >= 15 is 0 Å². The molecular formula is C23H14Br2ClFN2O2. The lowest BCUT2D eigenvalue weighted by Crippen LogP contribution is -2.13. The normalized spacial score (nSPS) is 11.0. The Bertz CT molecular complexity index is 1190. The second kappa shape index (κ2) is 10.6. The molecule has 3 aromatic rings. The smallest absolute Gasteiger partial charge is 0.266 e. The molecule has 1 N–H and O–H groups in total. The van der Waals surface area contributed by atoms with E-state index in [2.05, 4.69) is 37.2 Å². The van der Waals surface area contributed by atoms with Gasteiger partial charge in [0.2, 0.25) is 0 Å². The van der Waals surface area contributed by atoms with E-state index in [1.165, 1.54) is 18.2 Å². The van der Waals surface area contributed by atoms with E-state index < -0.39 is 5.91 Å². The van der Waals surface area contributed by atoms with Crippen molar-refractivity contribution >= 4 is 61.1 Å². The maximum absolute atomic E-state index is 13.3. The molecule has 0 spiro atoms. The van der Waals surface area contributed by atoms with Gasteiger partial charge in [-0.05, 0) is 85.5 Å². The maximum atomic E-state index is 13.3. The molecule has 0 heterocycles. The lowest BCUT2D eigenvalue weighted by Gasteiger charge is -2.12. The molecule has 31 heavy (non-hydrogen) atoms. The summed E-state index contributed by atoms with van der Waals surface area (Å²) in [7, 11) is 0. The van der Waals surface area contributed by atoms with Crippen LogP contribution in [0.25, 0.3) is 6.08 Å². The number of hydrogen-bond donors (Lipinski definition) is 1. The van der Waals surface area contributed by atoms with Crippen LogP contribution in [0.2, 0.25) is 5.02 Å². The van der Waals surface area contributed by atoms with Crippen molar-refractivity contribution in [3.05, 3.63) is 97.1 Å². The molecule has 3 rings (SSSR count). The number of anilines is 1. The number of nitriles is 1. The van der Waals surface area contributed by atoms with E-state index in [-0.39, 0.29) is 18.0 Å². The molecule has 0 saturated heterocycles. The van der Waals surface area contributed by atoms with Gasteiger partial charge in [0, 0.05) is 0 Å². The number of para-hydroxylation sites is 1. The van der Waals surface area contributed by atoms with Gasteiger partial charge < -0.3 is 10.1 Å². The summed E-state index contributed by atoms with van der Waals surface area (Å²) in [4.78, 5) is 12.5. The van der Waals surface area contributed by atoms with Crippen molar-refractivity contribution in [1.29, 1.82) is 5.26 Å². The molecule has 0 aliphatic carbocycles. The lowest BCUT2D eigenvalue weighted by molar-refractivity contribution is -0.112. The molecule has 0 aromatic heterocycles. The van der Waals surface area contributed by atoms with Gasteiger partial charge in [-0.25, -0.2) is 4.39 Å². The second-order valence-corrected chi connectivity index (χ2v) is 8.45. The van der Waals surface area contributed by atoms with Gasteiger partial charge >= 0.3 is 0 Å². The molecular weight excluding hydrogens is 551 g/mol. The number of rotatable bonds is 6. The van der Waals surface area contributed by atoms with Gasteiger partial charge in [0.15, 0.2) is 0 Å². The highest BCUT2D eigenvalue weighted by Crippen LogP contribution is 2.36. The average Bonchev–Trinajstić information content (AvgIpc) is 2.73. The molecule has 1 amide bonds. The van der Waals surface area contributed by atoms with Crippen LogP contribution in [0, 0.1) is 17.1 Å². The average molecular weight is 565 g/mol. The Morgan fingerprint density at radius 3 is 2.48 bits per heavy atom. The molecule has 0 atom stereocenters. The van der Waals surface area contributed by atoms with Gasteiger partial charge in [0.25, 0.3) is 5.91 Å². The fourth-order valence-corrected chi connectivity index (χ4v) is 4.28. The minimum absolute atomic E-state index is 0.0906. The van der Waals surface area contributed by atoms with Gasteiger partial charge in [-0.3, -0.25) is 4.79 Å². The molecule has 3 aromatic carbocycles. The molecule has 0 fully saturated rings. The van der Waals surface area contributed by atoms with Crippen LogP contribution in [-0.2, 0) is 11.4 Å². The molecule has 4 nitrogen and oxygen atoms in total. The van der Waals surface area contributed by atoms with Gasteiger partial charge in [0.1, 0.15) is 29.8 Å². The predicted molar refractivity (Wildman–Crippen MR) is 126 cm³/mol. The number of carbonyl (C=O) groups is 1. The first-order chi connectivity index (χ1) is 14.9. The maximum Gasteiger partial charge on any atom is 0.266 e. The molecule has 8 heteroatoms. The molecule has 0 bridgehead atoms. The Kier molecular flexibility index (Phi) is 7.85. The van der Waals surface area contributed by atoms with Crippen molar-refractivity contribution in [2.45, 2.75) is 6.61 Å². The fourth-order valence-electron chi connectivity index (χ4n) is 2.65. The highest BCUT2D eigenvalue weighted by atomic mass is 79.9. The van der Waals surface area contributed by atoms with E-state index in [9.17, 15) is 14.4 Å². The van der Waals surface area contributed by atoms with Crippen molar-refractivity contribution in [3.63, 3.8) is 0 Å². The van der Waals surface area contributed by atoms with E-state index in [0.29, 0.717) is 36.5 Å². The number of amides is 1. The number of halogens is 4. The Labute approximate surface area is 200 Å². The Hall–Kier alpha value is -2.66. The summed E-state index contributed by atoms with van der Waals surface area (Å²) < 4.78 is 20.3. The number of nitrogens with one attached hydrogen (secondary N) is 1. The van der Waals surface area contributed by atoms with Crippen LogP contribution < -0.4 is 10.1 Å². The highest BCUT2D eigenvalue weighted by Gasteiger charge is 2.14. The van der Waals surface area contributed by atoms with Crippen LogP contribution in [0.4, 0.5) is 10.1 Å². The summed E-state index contributed by atoms with van der Waals surface area (Å²) in [5.41, 5.74) is 1.61. The monoisotopic (exact) mass is 562 g/mol. The van der Waals surface area contributed by atoms with Crippen molar-refractivity contribution in [2.24, 2.45) is 0 Å². The summed E-state index contributed by atoms with van der Waals surface area (Å²) in [5, 5.41) is 12.4. The zero-order valence-electron chi connectivity index (χ0n) is 15.8. The summed E-state index contributed by atoms with van der Waals surface area (Å²) >= 11 is 12.9. The highest BCUT2D eigenvalue weighted by molar-refractivity contribution is 9.11. The lowest BCUT2D eigenvalue weighted by atomic mass is 10.1. The molecule has 156 valence electrons. The molecule has 0 radical (unpaired) electrons. The Morgan fingerprint density at radius 1 is 1.13 bits per heavy atom. The van der Waals surface area contributed by atoms with Crippen LogP contribution in [0.15, 0.2) is 75.2 Å². The summed E-state index contributed by atoms with van der Waals surface area (Å²) in [5.74, 6) is -0.395. The second-order valence-electron chi connectivity index (χ2n) is 6.34. The van der Waals surface area contributed by atoms with E-state index in [0.717, 1.165) is 0 Å². The van der Waals surface area contributed by atoms with E-state index in [1.54, 1.807) is 48.5 Å². The number of nitrogens with zero attached hydrogens (tertiary/aromatic N) is 1. The Morgan fingerprint density at radius 2 is 1.84 bits per heavy atom. The van der Waals surface area contributed by atoms with Crippen molar-refractivity contribution in [3.8, 4) is 11.8 Å². The topological polar surface area (TPSA) is 62.1 Å². The van der Waals surface area contributed by atoms with Crippen LogP contribution in [0.3, 0.4) is 0 Å². The van der Waals surface area contributed by atoms with Gasteiger partial charge in [-0.1, -0.05) is 35.9 Å². The van der Waals surface area contributed by atoms with Crippen molar-refractivity contribution in [1.82, 2.24) is 0 Å². The van der Waals surface area contributed by atoms with E-state index in [4.69, 9.17) is 16.3 Å². The molecule has 0 aliphatic rings. The van der Waals surface area contributed by atoms with Crippen LogP contribution in [0.5, 0.6) is 5.75 Å². The molecule has 0 aliphatic heterocycles. The zero-order valence-corrected chi connectivity index (χ0v) is 19.8. The SMILES string of the molecule is N#C/C(=C\c1cc(Br)c(OCc2cccc(F)c2)c(Br)c1)C(=O)Nc1ccccc1Cl. The standard InChI is InChI=1S/C23H14Br2ClFN2O2/c24-18-10-15(8-16(12-28)23(30)29-21-7-2-1-6-20(21)26)11-19(25)22(18)31-13-14-4-3-5-17(27)9-14/h1-11H,13H2,(H,29,30)/b16-8+. The zero-order chi connectivity index (χ0) is 22.4. The first-order valence-electron chi connectivity index (χ1n) is 8.91. The summed E-state index contributed by atoms with van der Waals surface area (Å²) in [6.45, 7) is 0.174. The minimum Gasteiger partial charge on any atom is -0.487 e. The fraction of sp³-hybridized carbons (Fsp3) is 0.0435. The third-order valence-corrected chi connectivity index (χ3v) is 5.60. The van der Waals surface area contributed by atoms with E-state index in [1.807, 2.05) is 6.07 Å². The largest absolute Gasteiger partial charge is 0.487 e. The van der Waals surface area contributed by atoms with Crippen molar-refractivity contribution < 1.29 is 13.9 Å². The van der Waals surface area contributed by atoms with Gasteiger partial charge in [-0.15, -0.1) is 0 Å². The number of carbonyl (C=O) groups excluding carboxylic acids is 1. The predicted octanol–water partition coefficient (Wildman–Crippen LogP) is 7.13. The number of hydrogen-bond acceptors (Lipinski definition) is 3. The van der Waals surface area contributed by atoms with Crippen LogP contribution in [0.1, 0.15) is 11.1 Å². The quantitative estimate of drug-likeness (QED) is 0.256. The first kappa shape index (κ1) is 23.0. The van der Waals surface area contributed by atoms with Gasteiger partial charge in [0.05, 0.1) is 19.7 Å². The van der Waals surface area contributed by atoms with Crippen LogP contribution in [-0.4, -0.2) is 5.91 Å². The molecule has 0 unspecified atom stereocenters. The summed E-state index contributed by atoms with van der Waals surface area (Å²) in [6.07, 6.45) is 1.46. The summed E-state index contributed by atoms with van der Waals surface area (Å²) in [6, 6.07) is 18.2.